The molecule has 0 aromatic heterocycles. The van der Waals surface area contributed by atoms with Crippen LogP contribution in [-0.2, 0) is 0 Å². The SMILES string of the molecule is CC1CNC2(CCCN(C(C)C)CC2)SC1. The van der Waals surface area contributed by atoms with Crippen LogP contribution in [0.4, 0.5) is 0 Å². The summed E-state index contributed by atoms with van der Waals surface area (Å²) in [4.78, 5) is 3.05. The maximum Gasteiger partial charge on any atom is 0.0658 e. The maximum atomic E-state index is 3.82. The maximum absolute atomic E-state index is 3.82. The Bertz CT molecular complexity index is 222. The fourth-order valence-corrected chi connectivity index (χ4v) is 4.17. The van der Waals surface area contributed by atoms with E-state index in [4.69, 9.17) is 0 Å². The lowest BCUT2D eigenvalue weighted by molar-refractivity contribution is 0.227. The van der Waals surface area contributed by atoms with Crippen LogP contribution in [0.1, 0.15) is 40.0 Å². The van der Waals surface area contributed by atoms with Gasteiger partial charge in [-0.1, -0.05) is 6.92 Å². The number of likely N-dealkylation sites (tertiary alicyclic amines) is 1. The molecule has 16 heavy (non-hydrogen) atoms. The van der Waals surface area contributed by atoms with Crippen molar-refractivity contribution in [2.75, 3.05) is 25.4 Å². The molecule has 0 saturated carbocycles. The van der Waals surface area contributed by atoms with Crippen LogP contribution in [0.5, 0.6) is 0 Å². The van der Waals surface area contributed by atoms with Gasteiger partial charge < -0.3 is 10.2 Å². The third-order valence-corrected chi connectivity index (χ3v) is 5.82. The van der Waals surface area contributed by atoms with E-state index < -0.39 is 0 Å². The summed E-state index contributed by atoms with van der Waals surface area (Å²) in [5, 5.41) is 3.82. The Labute approximate surface area is 105 Å². The Morgan fingerprint density at radius 1 is 1.31 bits per heavy atom. The lowest BCUT2D eigenvalue weighted by atomic mass is 10.1. The molecule has 94 valence electrons. The first-order valence-electron chi connectivity index (χ1n) is 6.74. The monoisotopic (exact) mass is 242 g/mol. The van der Waals surface area contributed by atoms with Crippen molar-refractivity contribution in [1.82, 2.24) is 10.2 Å². The summed E-state index contributed by atoms with van der Waals surface area (Å²) in [7, 11) is 0. The Hall–Kier alpha value is 0.270. The number of rotatable bonds is 1. The molecular weight excluding hydrogens is 216 g/mol. The molecule has 0 amide bonds. The first-order chi connectivity index (χ1) is 7.61. The summed E-state index contributed by atoms with van der Waals surface area (Å²) < 4.78 is 0. The van der Waals surface area contributed by atoms with Gasteiger partial charge in [-0.2, -0.15) is 0 Å². The van der Waals surface area contributed by atoms with Gasteiger partial charge in [0, 0.05) is 12.6 Å². The molecule has 0 aromatic rings. The van der Waals surface area contributed by atoms with Crippen molar-refractivity contribution in [1.29, 1.82) is 0 Å². The van der Waals surface area contributed by atoms with E-state index in [0.29, 0.717) is 10.9 Å². The van der Waals surface area contributed by atoms with E-state index in [2.05, 4.69) is 42.7 Å². The zero-order chi connectivity index (χ0) is 11.6. The van der Waals surface area contributed by atoms with Crippen LogP contribution in [-0.4, -0.2) is 41.2 Å². The van der Waals surface area contributed by atoms with Crippen LogP contribution >= 0.6 is 11.8 Å². The quantitative estimate of drug-likeness (QED) is 0.761. The van der Waals surface area contributed by atoms with Crippen LogP contribution in [0.15, 0.2) is 0 Å². The molecule has 2 aliphatic rings. The molecule has 3 heteroatoms. The summed E-state index contributed by atoms with van der Waals surface area (Å²) in [6.07, 6.45) is 4.03. The number of hydrogen-bond acceptors (Lipinski definition) is 3. The standard InChI is InChI=1S/C13H26N2S/c1-11(2)15-7-4-5-13(6-8-15)14-9-12(3)10-16-13/h11-12,14H,4-10H2,1-3H3. The van der Waals surface area contributed by atoms with Gasteiger partial charge in [0.1, 0.15) is 0 Å². The highest BCUT2D eigenvalue weighted by atomic mass is 32.2. The highest BCUT2D eigenvalue weighted by Gasteiger charge is 2.36. The van der Waals surface area contributed by atoms with Crippen molar-refractivity contribution in [3.63, 3.8) is 0 Å². The van der Waals surface area contributed by atoms with Crippen molar-refractivity contribution < 1.29 is 0 Å². The molecule has 2 heterocycles. The summed E-state index contributed by atoms with van der Waals surface area (Å²) >= 11 is 2.18. The smallest absolute Gasteiger partial charge is 0.0658 e. The number of thioether (sulfide) groups is 1. The molecule has 0 bridgehead atoms. The van der Waals surface area contributed by atoms with E-state index in [0.717, 1.165) is 5.92 Å². The summed E-state index contributed by atoms with van der Waals surface area (Å²) in [6, 6.07) is 0.711. The fourth-order valence-electron chi connectivity index (χ4n) is 2.74. The van der Waals surface area contributed by atoms with E-state index in [1.807, 2.05) is 0 Å². The van der Waals surface area contributed by atoms with Crippen molar-refractivity contribution in [2.24, 2.45) is 5.92 Å². The van der Waals surface area contributed by atoms with Crippen molar-refractivity contribution >= 4 is 11.8 Å². The first kappa shape index (κ1) is 12.7. The van der Waals surface area contributed by atoms with Gasteiger partial charge in [-0.15, -0.1) is 11.8 Å². The molecule has 2 atom stereocenters. The van der Waals surface area contributed by atoms with Crippen LogP contribution < -0.4 is 5.32 Å². The molecule has 2 aliphatic heterocycles. The van der Waals surface area contributed by atoms with E-state index >= 15 is 0 Å². The van der Waals surface area contributed by atoms with Gasteiger partial charge in [0.05, 0.1) is 4.87 Å². The average Bonchev–Trinajstić information content (AvgIpc) is 2.46. The Balaban J connectivity index is 1.92. The Morgan fingerprint density at radius 3 is 2.75 bits per heavy atom. The third kappa shape index (κ3) is 2.93. The van der Waals surface area contributed by atoms with Gasteiger partial charge >= 0.3 is 0 Å². The first-order valence-corrected chi connectivity index (χ1v) is 7.73. The largest absolute Gasteiger partial charge is 0.302 e. The summed E-state index contributed by atoms with van der Waals surface area (Å²) in [5.74, 6) is 2.19. The van der Waals surface area contributed by atoms with Crippen LogP contribution in [0, 0.1) is 5.92 Å². The lowest BCUT2D eigenvalue weighted by Gasteiger charge is -2.39. The van der Waals surface area contributed by atoms with Crippen LogP contribution in [0.2, 0.25) is 0 Å². The van der Waals surface area contributed by atoms with Crippen LogP contribution in [0.3, 0.4) is 0 Å². The van der Waals surface area contributed by atoms with Crippen molar-refractivity contribution in [3.05, 3.63) is 0 Å². The van der Waals surface area contributed by atoms with Gasteiger partial charge in [-0.3, -0.25) is 0 Å². The highest BCUT2D eigenvalue weighted by molar-refractivity contribution is 8.00. The average molecular weight is 242 g/mol. The van der Waals surface area contributed by atoms with Gasteiger partial charge in [0.2, 0.25) is 0 Å². The normalized spacial score (nSPS) is 37.9. The minimum atomic E-state index is 0.413. The fraction of sp³-hybridized carbons (Fsp3) is 1.00. The Morgan fingerprint density at radius 2 is 2.12 bits per heavy atom. The highest BCUT2D eigenvalue weighted by Crippen LogP contribution is 2.37. The molecule has 0 aromatic carbocycles. The predicted molar refractivity (Wildman–Crippen MR) is 72.9 cm³/mol. The van der Waals surface area contributed by atoms with Gasteiger partial charge in [-0.05, 0) is 57.9 Å². The summed E-state index contributed by atoms with van der Waals surface area (Å²) in [6.45, 7) is 10.8. The van der Waals surface area contributed by atoms with Gasteiger partial charge in [0.25, 0.3) is 0 Å². The second kappa shape index (κ2) is 5.28. The van der Waals surface area contributed by atoms with Crippen LogP contribution in [0.25, 0.3) is 0 Å². The molecule has 2 saturated heterocycles. The molecule has 1 spiro atoms. The Kier molecular flexibility index (Phi) is 4.20. The van der Waals surface area contributed by atoms with Gasteiger partial charge in [-0.25, -0.2) is 0 Å². The molecule has 1 N–H and O–H groups in total. The third-order valence-electron chi connectivity index (χ3n) is 3.98. The van der Waals surface area contributed by atoms with E-state index in [1.165, 1.54) is 44.6 Å². The minimum absolute atomic E-state index is 0.413. The molecule has 2 nitrogen and oxygen atoms in total. The molecule has 0 radical (unpaired) electrons. The molecule has 0 aliphatic carbocycles. The number of nitrogens with zero attached hydrogens (tertiary/aromatic N) is 1. The number of hydrogen-bond donors (Lipinski definition) is 1. The minimum Gasteiger partial charge on any atom is -0.302 e. The molecular formula is C13H26N2S. The van der Waals surface area contributed by atoms with Gasteiger partial charge in [0.15, 0.2) is 0 Å². The zero-order valence-electron chi connectivity index (χ0n) is 11.0. The molecule has 2 unspecified atom stereocenters. The zero-order valence-corrected chi connectivity index (χ0v) is 11.8. The molecule has 2 rings (SSSR count). The van der Waals surface area contributed by atoms with E-state index in [1.54, 1.807) is 0 Å². The van der Waals surface area contributed by atoms with E-state index in [-0.39, 0.29) is 0 Å². The van der Waals surface area contributed by atoms with Crippen molar-refractivity contribution in [3.8, 4) is 0 Å². The summed E-state index contributed by atoms with van der Waals surface area (Å²) in [5.41, 5.74) is 0. The topological polar surface area (TPSA) is 15.3 Å². The number of nitrogens with one attached hydrogen (secondary N) is 1. The van der Waals surface area contributed by atoms with Crippen molar-refractivity contribution in [2.45, 2.75) is 50.9 Å². The second-order valence-electron chi connectivity index (χ2n) is 5.77. The predicted octanol–water partition coefficient (Wildman–Crippen LogP) is 2.55. The molecule has 2 fully saturated rings. The van der Waals surface area contributed by atoms with E-state index in [9.17, 15) is 0 Å². The second-order valence-corrected chi connectivity index (χ2v) is 7.18. The lowest BCUT2D eigenvalue weighted by Crippen LogP contribution is -2.49.